The van der Waals surface area contributed by atoms with E-state index in [0.717, 1.165) is 53.8 Å². The highest BCUT2D eigenvalue weighted by atomic mass is 19.4. The summed E-state index contributed by atoms with van der Waals surface area (Å²) in [5.41, 5.74) is 5.45. The normalized spacial score (nSPS) is 14.6. The van der Waals surface area contributed by atoms with Crippen LogP contribution in [0.4, 0.5) is 24.7 Å². The number of nitrogens with one attached hydrogen (secondary N) is 3. The molecule has 9 nitrogen and oxygen atoms in total. The number of likely N-dealkylation sites (tertiary alicyclic amines) is 1. The van der Waals surface area contributed by atoms with E-state index in [2.05, 4.69) is 42.5 Å². The number of hydrogen-bond donors (Lipinski definition) is 3. The zero-order valence-electron chi connectivity index (χ0n) is 23.4. The number of fused-ring (bicyclic) bond motifs is 1. The molecule has 1 amide bonds. The van der Waals surface area contributed by atoms with Gasteiger partial charge in [0.1, 0.15) is 5.75 Å². The minimum atomic E-state index is -4.73. The van der Waals surface area contributed by atoms with E-state index in [1.54, 1.807) is 36.7 Å². The third kappa shape index (κ3) is 6.97. The lowest BCUT2D eigenvalue weighted by Gasteiger charge is -2.30. The lowest BCUT2D eigenvalue weighted by Crippen LogP contribution is -2.36. The van der Waals surface area contributed by atoms with Crippen molar-refractivity contribution in [2.24, 2.45) is 0 Å². The van der Waals surface area contributed by atoms with E-state index in [-0.39, 0.29) is 11.7 Å². The molecule has 0 aliphatic carbocycles. The zero-order chi connectivity index (χ0) is 30.0. The van der Waals surface area contributed by atoms with Crippen LogP contribution in [0.1, 0.15) is 28.8 Å². The molecule has 0 saturated carbocycles. The Hall–Kier alpha value is -4.84. The second-order valence-electron chi connectivity index (χ2n) is 10.7. The van der Waals surface area contributed by atoms with Gasteiger partial charge in [-0.2, -0.15) is 5.10 Å². The highest BCUT2D eigenvalue weighted by Gasteiger charge is 2.31. The van der Waals surface area contributed by atoms with E-state index in [4.69, 9.17) is 0 Å². The number of anilines is 2. The summed E-state index contributed by atoms with van der Waals surface area (Å²) in [6, 6.07) is 21.1. The number of aromatic amines is 1. The highest BCUT2D eigenvalue weighted by Crippen LogP contribution is 2.27. The van der Waals surface area contributed by atoms with Gasteiger partial charge < -0.3 is 24.8 Å². The second-order valence-corrected chi connectivity index (χ2v) is 10.7. The molecule has 1 saturated heterocycles. The fourth-order valence-electron chi connectivity index (χ4n) is 5.17. The van der Waals surface area contributed by atoms with Gasteiger partial charge in [0, 0.05) is 35.5 Å². The molecule has 1 aliphatic rings. The average molecular weight is 590 g/mol. The van der Waals surface area contributed by atoms with Crippen molar-refractivity contribution in [1.29, 1.82) is 0 Å². The molecular formula is C31H30F3N7O2. The number of aromatic nitrogens is 4. The van der Waals surface area contributed by atoms with E-state index >= 15 is 0 Å². The van der Waals surface area contributed by atoms with Crippen LogP contribution in [-0.2, 0) is 6.54 Å². The highest BCUT2D eigenvalue weighted by molar-refractivity contribution is 6.04. The van der Waals surface area contributed by atoms with Crippen LogP contribution in [0.2, 0.25) is 0 Å². The summed E-state index contributed by atoms with van der Waals surface area (Å²) in [5.74, 6) is -0.138. The van der Waals surface area contributed by atoms with Crippen molar-refractivity contribution in [1.82, 2.24) is 24.6 Å². The quantitative estimate of drug-likeness (QED) is 0.201. The molecule has 0 radical (unpaired) electrons. The van der Waals surface area contributed by atoms with Gasteiger partial charge in [0.25, 0.3) is 5.91 Å². The number of H-pyrrole nitrogens is 1. The van der Waals surface area contributed by atoms with Crippen molar-refractivity contribution in [3.8, 4) is 17.0 Å². The van der Waals surface area contributed by atoms with Crippen LogP contribution in [0.3, 0.4) is 0 Å². The number of hydrogen-bond acceptors (Lipinski definition) is 6. The number of piperidine rings is 1. The number of ether oxygens (including phenoxy) is 1. The first-order chi connectivity index (χ1) is 20.7. The van der Waals surface area contributed by atoms with Crippen LogP contribution in [0.25, 0.3) is 22.3 Å². The summed E-state index contributed by atoms with van der Waals surface area (Å²) >= 11 is 0. The maximum atomic E-state index is 12.9. The molecule has 6 rings (SSSR count). The van der Waals surface area contributed by atoms with Gasteiger partial charge in [-0.25, -0.2) is 4.98 Å². The van der Waals surface area contributed by atoms with Crippen LogP contribution in [0.5, 0.6) is 5.75 Å². The summed E-state index contributed by atoms with van der Waals surface area (Å²) in [6.45, 7) is 2.55. The Morgan fingerprint density at radius 1 is 1.02 bits per heavy atom. The Balaban J connectivity index is 1.10. The summed E-state index contributed by atoms with van der Waals surface area (Å²) < 4.78 is 43.2. The van der Waals surface area contributed by atoms with Crippen molar-refractivity contribution in [3.05, 3.63) is 90.3 Å². The molecule has 222 valence electrons. The van der Waals surface area contributed by atoms with Gasteiger partial charge in [0.15, 0.2) is 5.82 Å². The van der Waals surface area contributed by atoms with E-state index in [1.165, 1.54) is 12.1 Å². The monoisotopic (exact) mass is 589 g/mol. The molecule has 0 atom stereocenters. The maximum absolute atomic E-state index is 12.9. The molecule has 3 N–H and O–H groups in total. The van der Waals surface area contributed by atoms with Crippen LogP contribution in [0.15, 0.2) is 79.1 Å². The molecule has 1 fully saturated rings. The van der Waals surface area contributed by atoms with E-state index in [0.29, 0.717) is 29.7 Å². The number of rotatable bonds is 8. The third-order valence-electron chi connectivity index (χ3n) is 7.50. The van der Waals surface area contributed by atoms with Crippen LogP contribution < -0.4 is 15.4 Å². The van der Waals surface area contributed by atoms with Gasteiger partial charge in [-0.1, -0.05) is 18.2 Å². The number of amides is 1. The number of carbonyl (C=O) groups is 1. The fourth-order valence-corrected chi connectivity index (χ4v) is 5.17. The topological polar surface area (TPSA) is 100 Å². The minimum Gasteiger partial charge on any atom is -0.406 e. The standard InChI is InChI=1S/C31H30F3N7O2/c1-40-14-12-24(13-15-40)36-23-7-4-21(5-8-23)30(42)37-29-17-27(38-39-29)22-6-11-26-28(16-22)41(19-35-26)18-20-2-9-25(10-3-20)43-31(32,33)34/h2-11,16-17,19,24,36H,12-15,18H2,1H3,(H2,37,38,39,42). The van der Waals surface area contributed by atoms with Crippen LogP contribution >= 0.6 is 0 Å². The predicted octanol–water partition coefficient (Wildman–Crippen LogP) is 6.13. The Kier molecular flexibility index (Phi) is 7.76. The average Bonchev–Trinajstić information content (AvgIpc) is 3.62. The minimum absolute atomic E-state index is 0.260. The van der Waals surface area contributed by atoms with Crippen molar-refractivity contribution in [2.75, 3.05) is 30.8 Å². The molecule has 0 spiro atoms. The molecule has 1 aliphatic heterocycles. The van der Waals surface area contributed by atoms with Crippen molar-refractivity contribution >= 4 is 28.4 Å². The second kappa shape index (κ2) is 11.8. The Labute approximate surface area is 245 Å². The summed E-state index contributed by atoms with van der Waals surface area (Å²) in [6.07, 6.45) is -0.869. The largest absolute Gasteiger partial charge is 0.573 e. The number of benzene rings is 3. The molecule has 12 heteroatoms. The Morgan fingerprint density at radius 3 is 2.49 bits per heavy atom. The number of carbonyl (C=O) groups excluding carboxylic acids is 1. The summed E-state index contributed by atoms with van der Waals surface area (Å²) in [5, 5.41) is 13.6. The summed E-state index contributed by atoms with van der Waals surface area (Å²) in [4.78, 5) is 19.6. The van der Waals surface area contributed by atoms with E-state index in [1.807, 2.05) is 34.9 Å². The molecule has 0 unspecified atom stereocenters. The molecule has 0 bridgehead atoms. The summed E-state index contributed by atoms with van der Waals surface area (Å²) in [7, 11) is 2.13. The van der Waals surface area contributed by atoms with Gasteiger partial charge >= 0.3 is 6.36 Å². The first kappa shape index (κ1) is 28.3. The van der Waals surface area contributed by atoms with Crippen molar-refractivity contribution < 1.29 is 22.7 Å². The van der Waals surface area contributed by atoms with Gasteiger partial charge in [0.05, 0.1) is 23.1 Å². The fraction of sp³-hybridized carbons (Fsp3) is 0.258. The third-order valence-corrected chi connectivity index (χ3v) is 7.50. The SMILES string of the molecule is CN1CCC(Nc2ccc(C(=O)Nc3cc(-c4ccc5ncn(Cc6ccc(OC(F)(F)F)cc6)c5c4)[nH]n3)cc2)CC1. The maximum Gasteiger partial charge on any atom is 0.573 e. The van der Waals surface area contributed by atoms with E-state index in [9.17, 15) is 18.0 Å². The first-order valence-corrected chi connectivity index (χ1v) is 13.9. The van der Waals surface area contributed by atoms with Gasteiger partial charge in [-0.15, -0.1) is 13.2 Å². The lowest BCUT2D eigenvalue weighted by molar-refractivity contribution is -0.274. The lowest BCUT2D eigenvalue weighted by atomic mass is 10.0. The molecule has 2 aromatic heterocycles. The van der Waals surface area contributed by atoms with Crippen molar-refractivity contribution in [3.63, 3.8) is 0 Å². The van der Waals surface area contributed by atoms with Crippen LogP contribution in [-0.4, -0.2) is 63.1 Å². The van der Waals surface area contributed by atoms with Crippen LogP contribution in [0, 0.1) is 0 Å². The van der Waals surface area contributed by atoms with Gasteiger partial charge in [-0.3, -0.25) is 9.89 Å². The first-order valence-electron chi connectivity index (χ1n) is 13.9. The molecule has 5 aromatic rings. The van der Waals surface area contributed by atoms with Gasteiger partial charge in [0.2, 0.25) is 0 Å². The Morgan fingerprint density at radius 2 is 1.77 bits per heavy atom. The molecule has 3 aromatic carbocycles. The van der Waals surface area contributed by atoms with E-state index < -0.39 is 6.36 Å². The molecule has 3 heterocycles. The zero-order valence-corrected chi connectivity index (χ0v) is 23.4. The number of imidazole rings is 1. The Bertz CT molecular complexity index is 1700. The van der Waals surface area contributed by atoms with Gasteiger partial charge in [-0.05, 0) is 87.1 Å². The number of nitrogens with zero attached hydrogens (tertiary/aromatic N) is 4. The molecule has 43 heavy (non-hydrogen) atoms. The van der Waals surface area contributed by atoms with Crippen molar-refractivity contribution in [2.45, 2.75) is 31.8 Å². The number of alkyl halides is 3. The smallest absolute Gasteiger partial charge is 0.406 e. The molecular weight excluding hydrogens is 559 g/mol. The predicted molar refractivity (Wildman–Crippen MR) is 158 cm³/mol. The number of halogens is 3.